The summed E-state index contributed by atoms with van der Waals surface area (Å²) in [6, 6.07) is 8.10. The van der Waals surface area contributed by atoms with Gasteiger partial charge < -0.3 is 19.7 Å². The third-order valence-corrected chi connectivity index (χ3v) is 4.13. The van der Waals surface area contributed by atoms with Crippen LogP contribution < -0.4 is 10.2 Å². The lowest BCUT2D eigenvalue weighted by Crippen LogP contribution is -2.37. The van der Waals surface area contributed by atoms with Crippen molar-refractivity contribution in [3.63, 3.8) is 0 Å². The van der Waals surface area contributed by atoms with Crippen LogP contribution in [0.15, 0.2) is 24.3 Å². The van der Waals surface area contributed by atoms with E-state index in [4.69, 9.17) is 9.47 Å². The number of carbonyl (C=O) groups is 1. The topological polar surface area (TPSA) is 50.8 Å². The van der Waals surface area contributed by atoms with Crippen molar-refractivity contribution < 1.29 is 14.3 Å². The van der Waals surface area contributed by atoms with Crippen molar-refractivity contribution in [1.29, 1.82) is 0 Å². The first-order valence-corrected chi connectivity index (χ1v) is 7.80. The first-order chi connectivity index (χ1) is 10.6. The summed E-state index contributed by atoms with van der Waals surface area (Å²) in [6.07, 6.45) is 0.646. The van der Waals surface area contributed by atoms with E-state index in [0.717, 1.165) is 24.2 Å². The molecular weight excluding hydrogens is 280 g/mol. The Balaban J connectivity index is 1.96. The third-order valence-electron chi connectivity index (χ3n) is 4.13. The van der Waals surface area contributed by atoms with Crippen molar-refractivity contribution in [1.82, 2.24) is 5.32 Å². The van der Waals surface area contributed by atoms with Crippen LogP contribution in [0.4, 0.5) is 5.69 Å². The molecule has 5 nitrogen and oxygen atoms in total. The summed E-state index contributed by atoms with van der Waals surface area (Å²) in [7, 11) is 3.73. The Morgan fingerprint density at radius 1 is 1.45 bits per heavy atom. The van der Waals surface area contributed by atoms with Crippen LogP contribution in [0.3, 0.4) is 0 Å². The number of hydrogen-bond acceptors (Lipinski definition) is 4. The van der Waals surface area contributed by atoms with Crippen LogP contribution in [0.2, 0.25) is 0 Å². The molecule has 0 unspecified atom stereocenters. The largest absolute Gasteiger partial charge is 0.383 e. The molecular formula is C17H26N2O3. The monoisotopic (exact) mass is 306 g/mol. The number of benzene rings is 1. The van der Waals surface area contributed by atoms with Crippen LogP contribution in [-0.2, 0) is 20.8 Å². The fourth-order valence-electron chi connectivity index (χ4n) is 2.69. The minimum atomic E-state index is -0.307. The molecule has 1 aliphatic heterocycles. The van der Waals surface area contributed by atoms with E-state index in [0.29, 0.717) is 25.7 Å². The number of nitrogens with one attached hydrogen (secondary N) is 1. The number of likely N-dealkylation sites (N-methyl/N-ethyl adjacent to an activating group) is 1. The summed E-state index contributed by atoms with van der Waals surface area (Å²) in [4.78, 5) is 14.4. The lowest BCUT2D eigenvalue weighted by Gasteiger charge is -2.23. The summed E-state index contributed by atoms with van der Waals surface area (Å²) in [5.41, 5.74) is 2.21. The van der Waals surface area contributed by atoms with Crippen LogP contribution in [-0.4, -0.2) is 45.9 Å². The van der Waals surface area contributed by atoms with Crippen molar-refractivity contribution >= 4 is 11.6 Å². The maximum Gasteiger partial charge on any atom is 0.249 e. The van der Waals surface area contributed by atoms with Gasteiger partial charge in [-0.05, 0) is 24.0 Å². The van der Waals surface area contributed by atoms with Crippen molar-refractivity contribution in [2.45, 2.75) is 26.0 Å². The van der Waals surface area contributed by atoms with Crippen molar-refractivity contribution in [3.05, 3.63) is 29.8 Å². The molecule has 1 heterocycles. The lowest BCUT2D eigenvalue weighted by molar-refractivity contribution is -0.131. The Morgan fingerprint density at radius 3 is 2.91 bits per heavy atom. The number of para-hydroxylation sites is 1. The molecule has 1 aliphatic rings. The average molecular weight is 306 g/mol. The molecule has 0 spiro atoms. The van der Waals surface area contributed by atoms with E-state index in [9.17, 15) is 4.79 Å². The standard InChI is InChI=1S/C17H26N2O3/c1-13-8-10-22-16(13)17(20)18-12-14-6-4-5-7-15(14)19(2)9-11-21-3/h4-7,13,16H,8-12H2,1-3H3,(H,18,20)/t13-,16+/m1/s1. The molecule has 0 radical (unpaired) electrons. The summed E-state index contributed by atoms with van der Waals surface area (Å²) >= 11 is 0. The van der Waals surface area contributed by atoms with Crippen LogP contribution in [0.5, 0.6) is 0 Å². The number of hydrogen-bond donors (Lipinski definition) is 1. The second-order valence-corrected chi connectivity index (χ2v) is 5.82. The molecule has 5 heteroatoms. The van der Waals surface area contributed by atoms with Gasteiger partial charge in [-0.1, -0.05) is 25.1 Å². The summed E-state index contributed by atoms with van der Waals surface area (Å²) in [5, 5.41) is 3.00. The molecule has 122 valence electrons. The van der Waals surface area contributed by atoms with Gasteiger partial charge >= 0.3 is 0 Å². The Labute approximate surface area is 132 Å². The van der Waals surface area contributed by atoms with Gasteiger partial charge in [-0.2, -0.15) is 0 Å². The number of methoxy groups -OCH3 is 1. The normalized spacial score (nSPS) is 20.9. The quantitative estimate of drug-likeness (QED) is 0.835. The highest BCUT2D eigenvalue weighted by Crippen LogP contribution is 2.21. The highest BCUT2D eigenvalue weighted by atomic mass is 16.5. The Bertz CT molecular complexity index is 493. The van der Waals surface area contributed by atoms with Gasteiger partial charge in [0.25, 0.3) is 0 Å². The van der Waals surface area contributed by atoms with Crippen LogP contribution in [0.25, 0.3) is 0 Å². The summed E-state index contributed by atoms with van der Waals surface area (Å²) in [6.45, 7) is 4.73. The predicted molar refractivity (Wildman–Crippen MR) is 87.0 cm³/mol. The van der Waals surface area contributed by atoms with Crippen molar-refractivity contribution in [2.75, 3.05) is 38.8 Å². The molecule has 1 aromatic carbocycles. The van der Waals surface area contributed by atoms with E-state index in [2.05, 4.69) is 23.2 Å². The smallest absolute Gasteiger partial charge is 0.249 e. The maximum atomic E-state index is 12.2. The van der Waals surface area contributed by atoms with Crippen molar-refractivity contribution in [3.8, 4) is 0 Å². The molecule has 2 atom stereocenters. The molecule has 2 rings (SSSR count). The van der Waals surface area contributed by atoms with Gasteiger partial charge in [0.15, 0.2) is 0 Å². The molecule has 1 N–H and O–H groups in total. The molecule has 22 heavy (non-hydrogen) atoms. The van der Waals surface area contributed by atoms with Crippen LogP contribution in [0.1, 0.15) is 18.9 Å². The van der Waals surface area contributed by atoms with Gasteiger partial charge in [0.1, 0.15) is 6.10 Å². The molecule has 1 saturated heterocycles. The second kappa shape index (κ2) is 8.15. The van der Waals surface area contributed by atoms with Gasteiger partial charge in [0, 0.05) is 39.5 Å². The Morgan fingerprint density at radius 2 is 2.23 bits per heavy atom. The minimum absolute atomic E-state index is 0.0145. The van der Waals surface area contributed by atoms with E-state index >= 15 is 0 Å². The van der Waals surface area contributed by atoms with Crippen LogP contribution >= 0.6 is 0 Å². The molecule has 0 saturated carbocycles. The molecule has 0 aromatic heterocycles. The molecule has 0 bridgehead atoms. The predicted octanol–water partition coefficient (Wildman–Crippen LogP) is 1.81. The average Bonchev–Trinajstić information content (AvgIpc) is 2.96. The first-order valence-electron chi connectivity index (χ1n) is 7.80. The highest BCUT2D eigenvalue weighted by molar-refractivity contribution is 5.81. The van der Waals surface area contributed by atoms with Gasteiger partial charge in [-0.25, -0.2) is 0 Å². The zero-order valence-electron chi connectivity index (χ0n) is 13.7. The highest BCUT2D eigenvalue weighted by Gasteiger charge is 2.30. The second-order valence-electron chi connectivity index (χ2n) is 5.82. The fraction of sp³-hybridized carbons (Fsp3) is 0.588. The van der Waals surface area contributed by atoms with Gasteiger partial charge in [0.05, 0.1) is 6.61 Å². The molecule has 0 aliphatic carbocycles. The molecule has 1 fully saturated rings. The Kier molecular flexibility index (Phi) is 6.21. The molecule has 1 amide bonds. The van der Waals surface area contributed by atoms with Crippen LogP contribution in [0, 0.1) is 5.92 Å². The summed E-state index contributed by atoms with van der Waals surface area (Å²) < 4.78 is 10.6. The summed E-state index contributed by atoms with van der Waals surface area (Å²) in [5.74, 6) is 0.277. The number of nitrogens with zero attached hydrogens (tertiary/aromatic N) is 1. The number of amides is 1. The Hall–Kier alpha value is -1.59. The number of rotatable bonds is 7. The first kappa shape index (κ1) is 16.8. The van der Waals surface area contributed by atoms with E-state index in [-0.39, 0.29) is 12.0 Å². The number of carbonyl (C=O) groups excluding carboxylic acids is 1. The lowest BCUT2D eigenvalue weighted by atomic mass is 10.0. The van der Waals surface area contributed by atoms with Gasteiger partial charge in [-0.3, -0.25) is 4.79 Å². The van der Waals surface area contributed by atoms with Gasteiger partial charge in [0.2, 0.25) is 5.91 Å². The fourth-order valence-corrected chi connectivity index (χ4v) is 2.69. The molecule has 1 aromatic rings. The SMILES string of the molecule is COCCN(C)c1ccccc1CNC(=O)[C@H]1OCC[C@H]1C. The minimum Gasteiger partial charge on any atom is -0.383 e. The maximum absolute atomic E-state index is 12.2. The van der Waals surface area contributed by atoms with E-state index in [1.165, 1.54) is 0 Å². The van der Waals surface area contributed by atoms with Gasteiger partial charge in [-0.15, -0.1) is 0 Å². The van der Waals surface area contributed by atoms with E-state index in [1.807, 2.05) is 25.2 Å². The van der Waals surface area contributed by atoms with Crippen molar-refractivity contribution in [2.24, 2.45) is 5.92 Å². The third kappa shape index (κ3) is 4.21. The zero-order chi connectivity index (χ0) is 15.9. The van der Waals surface area contributed by atoms with E-state index in [1.54, 1.807) is 7.11 Å². The van der Waals surface area contributed by atoms with E-state index < -0.39 is 0 Å². The zero-order valence-corrected chi connectivity index (χ0v) is 13.7. The number of ether oxygens (including phenoxy) is 2. The number of anilines is 1.